The van der Waals surface area contributed by atoms with Crippen LogP contribution in [0.3, 0.4) is 0 Å². The van der Waals surface area contributed by atoms with Crippen molar-refractivity contribution < 1.29 is 4.79 Å². The van der Waals surface area contributed by atoms with Crippen molar-refractivity contribution in [3.05, 3.63) is 10.4 Å². The molecule has 0 atom stereocenters. The average Bonchev–Trinajstić information content (AvgIpc) is 3.11. The first kappa shape index (κ1) is 13.4. The highest BCUT2D eigenvalue weighted by molar-refractivity contribution is 7.19. The highest BCUT2D eigenvalue weighted by Crippen LogP contribution is 2.52. The van der Waals surface area contributed by atoms with E-state index in [1.165, 1.54) is 23.4 Å². The van der Waals surface area contributed by atoms with E-state index in [0.717, 1.165) is 17.1 Å². The maximum absolute atomic E-state index is 12.2. The molecule has 0 radical (unpaired) electrons. The van der Waals surface area contributed by atoms with Crippen molar-refractivity contribution in [1.82, 2.24) is 0 Å². The molecular weight excluding hydrogens is 244 g/mol. The van der Waals surface area contributed by atoms with Crippen LogP contribution in [0.25, 0.3) is 0 Å². The first-order chi connectivity index (χ1) is 8.47. The Balaban J connectivity index is 2.47. The third-order valence-electron chi connectivity index (χ3n) is 3.52. The Labute approximate surface area is 113 Å². The number of thiophene rings is 1. The van der Waals surface area contributed by atoms with Gasteiger partial charge in [0.05, 0.1) is 15.6 Å². The molecule has 4 heteroatoms. The second kappa shape index (κ2) is 4.92. The molecule has 1 saturated carbocycles. The molecule has 3 nitrogen and oxygen atoms in total. The van der Waals surface area contributed by atoms with Crippen LogP contribution < -0.4 is 10.6 Å². The van der Waals surface area contributed by atoms with Gasteiger partial charge in [0.1, 0.15) is 0 Å². The van der Waals surface area contributed by atoms with E-state index in [9.17, 15) is 4.79 Å². The number of Topliss-reactive ketones (excluding diaryl/α,β-unsaturated/α-hetero) is 1. The van der Waals surface area contributed by atoms with Crippen molar-refractivity contribution in [3.8, 4) is 0 Å². The zero-order valence-corrected chi connectivity index (χ0v) is 12.4. The molecule has 18 heavy (non-hydrogen) atoms. The number of hydrogen-bond acceptors (Lipinski definition) is 4. The Kier molecular flexibility index (Phi) is 3.66. The average molecular weight is 266 g/mol. The zero-order valence-electron chi connectivity index (χ0n) is 11.6. The molecule has 100 valence electrons. The van der Waals surface area contributed by atoms with E-state index < -0.39 is 0 Å². The Morgan fingerprint density at radius 3 is 2.56 bits per heavy atom. The fourth-order valence-corrected chi connectivity index (χ4v) is 3.50. The van der Waals surface area contributed by atoms with Gasteiger partial charge in [-0.3, -0.25) is 4.79 Å². The molecular formula is C14H22N2OS. The molecule has 1 fully saturated rings. The number of carbonyl (C=O) groups is 1. The molecule has 1 aliphatic rings. The van der Waals surface area contributed by atoms with Gasteiger partial charge in [0.2, 0.25) is 0 Å². The lowest BCUT2D eigenvalue weighted by Crippen LogP contribution is -2.15. The quantitative estimate of drug-likeness (QED) is 0.830. The number of nitrogens with zero attached hydrogens (tertiary/aromatic N) is 1. The van der Waals surface area contributed by atoms with Crippen LogP contribution >= 0.6 is 11.3 Å². The SMILES string of the molecule is CCN(C)c1sc(C(=O)C(C)C)c(N)c1C1CC1. The standard InChI is InChI=1S/C14H22N2OS/c1-5-16(4)14-10(9-6-7-9)11(15)13(18-14)12(17)8(2)3/h8-9H,5-7,15H2,1-4H3. The normalized spacial score (nSPS) is 15.2. The summed E-state index contributed by atoms with van der Waals surface area (Å²) in [4.78, 5) is 15.2. The van der Waals surface area contributed by atoms with Gasteiger partial charge in [-0.05, 0) is 25.7 Å². The van der Waals surface area contributed by atoms with Gasteiger partial charge in [0.25, 0.3) is 0 Å². The Morgan fingerprint density at radius 2 is 2.11 bits per heavy atom. The molecule has 0 aliphatic heterocycles. The summed E-state index contributed by atoms with van der Waals surface area (Å²) in [7, 11) is 2.07. The molecule has 0 bridgehead atoms. The molecule has 0 amide bonds. The fourth-order valence-electron chi connectivity index (χ4n) is 2.08. The molecule has 0 saturated heterocycles. The van der Waals surface area contributed by atoms with E-state index in [0.29, 0.717) is 5.92 Å². The van der Waals surface area contributed by atoms with Crippen molar-refractivity contribution in [1.29, 1.82) is 0 Å². The minimum atomic E-state index is 0.0118. The Morgan fingerprint density at radius 1 is 1.50 bits per heavy atom. The summed E-state index contributed by atoms with van der Waals surface area (Å²) in [6, 6.07) is 0. The third-order valence-corrected chi connectivity index (χ3v) is 4.87. The number of nitrogens with two attached hydrogens (primary N) is 1. The van der Waals surface area contributed by atoms with E-state index >= 15 is 0 Å². The zero-order chi connectivity index (χ0) is 13.4. The van der Waals surface area contributed by atoms with E-state index in [4.69, 9.17) is 5.73 Å². The maximum Gasteiger partial charge on any atom is 0.177 e. The van der Waals surface area contributed by atoms with Crippen LogP contribution in [0, 0.1) is 5.92 Å². The van der Waals surface area contributed by atoms with Gasteiger partial charge in [-0.15, -0.1) is 11.3 Å². The number of carbonyl (C=O) groups excluding carboxylic acids is 1. The van der Waals surface area contributed by atoms with Gasteiger partial charge in [0.15, 0.2) is 5.78 Å². The largest absolute Gasteiger partial charge is 0.397 e. The van der Waals surface area contributed by atoms with Crippen molar-refractivity contribution in [2.45, 2.75) is 39.5 Å². The fraction of sp³-hybridized carbons (Fsp3) is 0.643. The molecule has 0 aromatic carbocycles. The molecule has 1 aromatic heterocycles. The van der Waals surface area contributed by atoms with Crippen LogP contribution in [0.5, 0.6) is 0 Å². The van der Waals surface area contributed by atoms with Crippen molar-refractivity contribution in [2.75, 3.05) is 24.2 Å². The minimum absolute atomic E-state index is 0.0118. The van der Waals surface area contributed by atoms with Crippen LogP contribution in [0.2, 0.25) is 0 Å². The van der Waals surface area contributed by atoms with E-state index in [1.807, 2.05) is 13.8 Å². The highest BCUT2D eigenvalue weighted by Gasteiger charge is 2.34. The number of hydrogen-bond donors (Lipinski definition) is 1. The van der Waals surface area contributed by atoms with E-state index in [1.54, 1.807) is 11.3 Å². The monoisotopic (exact) mass is 266 g/mol. The summed E-state index contributed by atoms with van der Waals surface area (Å²) >= 11 is 1.57. The minimum Gasteiger partial charge on any atom is -0.397 e. The predicted octanol–water partition coefficient (Wildman–Crippen LogP) is 3.50. The lowest BCUT2D eigenvalue weighted by Gasteiger charge is -2.16. The lowest BCUT2D eigenvalue weighted by molar-refractivity contribution is 0.0944. The van der Waals surface area contributed by atoms with Gasteiger partial charge < -0.3 is 10.6 Å². The third kappa shape index (κ3) is 2.26. The first-order valence-electron chi connectivity index (χ1n) is 6.64. The van der Waals surface area contributed by atoms with Crippen LogP contribution in [0.15, 0.2) is 0 Å². The summed E-state index contributed by atoms with van der Waals surface area (Å²) in [6.45, 7) is 6.93. The van der Waals surface area contributed by atoms with E-state index in [2.05, 4.69) is 18.9 Å². The van der Waals surface area contributed by atoms with Crippen LogP contribution in [-0.4, -0.2) is 19.4 Å². The van der Waals surface area contributed by atoms with Gasteiger partial charge in [-0.2, -0.15) is 0 Å². The predicted molar refractivity (Wildman–Crippen MR) is 78.8 cm³/mol. The van der Waals surface area contributed by atoms with Gasteiger partial charge >= 0.3 is 0 Å². The second-order valence-corrected chi connectivity index (χ2v) is 6.37. The number of nitrogen functional groups attached to an aromatic ring is 1. The summed E-state index contributed by atoms with van der Waals surface area (Å²) in [6.07, 6.45) is 2.42. The van der Waals surface area contributed by atoms with Gasteiger partial charge in [0, 0.05) is 25.1 Å². The first-order valence-corrected chi connectivity index (χ1v) is 7.46. The van der Waals surface area contributed by atoms with Gasteiger partial charge in [-0.25, -0.2) is 0 Å². The molecule has 0 spiro atoms. The van der Waals surface area contributed by atoms with Crippen molar-refractivity contribution in [3.63, 3.8) is 0 Å². The smallest absolute Gasteiger partial charge is 0.177 e. The lowest BCUT2D eigenvalue weighted by atomic mass is 10.0. The van der Waals surface area contributed by atoms with Gasteiger partial charge in [-0.1, -0.05) is 13.8 Å². The van der Waals surface area contributed by atoms with E-state index in [-0.39, 0.29) is 11.7 Å². The number of rotatable bonds is 5. The summed E-state index contributed by atoms with van der Waals surface area (Å²) in [5.74, 6) is 0.770. The van der Waals surface area contributed by atoms with Crippen molar-refractivity contribution >= 4 is 27.8 Å². The van der Waals surface area contributed by atoms with Crippen molar-refractivity contribution in [2.24, 2.45) is 5.92 Å². The topological polar surface area (TPSA) is 46.3 Å². The summed E-state index contributed by atoms with van der Waals surface area (Å²) in [5.41, 5.74) is 8.22. The second-order valence-electron chi connectivity index (χ2n) is 5.37. The molecule has 2 N–H and O–H groups in total. The summed E-state index contributed by atoms with van der Waals surface area (Å²) in [5, 5.41) is 1.20. The molecule has 0 unspecified atom stereocenters. The Bertz CT molecular complexity index is 461. The molecule has 1 aromatic rings. The number of ketones is 1. The number of anilines is 2. The Hall–Kier alpha value is -1.03. The maximum atomic E-state index is 12.2. The molecule has 2 rings (SSSR count). The highest BCUT2D eigenvalue weighted by atomic mass is 32.1. The molecule has 1 aliphatic carbocycles. The van der Waals surface area contributed by atoms with Crippen LogP contribution in [-0.2, 0) is 0 Å². The molecule has 1 heterocycles. The van der Waals surface area contributed by atoms with Crippen LogP contribution in [0.4, 0.5) is 10.7 Å². The summed E-state index contributed by atoms with van der Waals surface area (Å²) < 4.78 is 0. The van der Waals surface area contributed by atoms with Crippen LogP contribution in [0.1, 0.15) is 54.8 Å².